The molecule has 3 aliphatic heterocycles. The quantitative estimate of drug-likeness (QED) is 0.0371. The van der Waals surface area contributed by atoms with Crippen LogP contribution in [0.25, 0.3) is 22.3 Å². The first-order chi connectivity index (χ1) is 29.1. The van der Waals surface area contributed by atoms with Gasteiger partial charge in [-0.2, -0.15) is 9.97 Å². The van der Waals surface area contributed by atoms with E-state index in [-0.39, 0.29) is 86.4 Å². The number of methoxy groups -OCH3 is 2. The fourth-order valence-corrected chi connectivity index (χ4v) is 6.09. The van der Waals surface area contributed by atoms with Crippen LogP contribution in [0.1, 0.15) is 67.8 Å². The van der Waals surface area contributed by atoms with Crippen LogP contribution in [-0.4, -0.2) is 171 Å². The molecule has 0 aliphatic carbocycles. The molecule has 8 N–H and O–H groups in total. The van der Waals surface area contributed by atoms with Gasteiger partial charge in [0.15, 0.2) is 46.4 Å². The minimum atomic E-state index is -1.34. The fourth-order valence-electron chi connectivity index (χ4n) is 6.09. The zero-order valence-corrected chi connectivity index (χ0v) is 38.0. The van der Waals surface area contributed by atoms with Gasteiger partial charge >= 0.3 is 0 Å². The number of H-pyrrole nitrogens is 2. The average molecular weight is 916 g/mol. The number of ether oxygens (including phenoxy) is 6. The van der Waals surface area contributed by atoms with E-state index in [1.807, 2.05) is 13.8 Å². The average Bonchev–Trinajstić information content (AvgIpc) is 4.04. The van der Waals surface area contributed by atoms with Crippen molar-refractivity contribution in [3.05, 3.63) is 33.4 Å². The van der Waals surface area contributed by atoms with Gasteiger partial charge in [-0.05, 0) is 27.7 Å². The first kappa shape index (κ1) is 55.9. The molecule has 0 bridgehead atoms. The van der Waals surface area contributed by atoms with Gasteiger partial charge in [-0.25, -0.2) is 9.97 Å². The van der Waals surface area contributed by atoms with Crippen molar-refractivity contribution in [2.75, 3.05) is 38.1 Å². The van der Waals surface area contributed by atoms with Crippen molar-refractivity contribution in [2.45, 2.75) is 116 Å². The summed E-state index contributed by atoms with van der Waals surface area (Å²) in [6.45, 7) is 13.4. The van der Waals surface area contributed by atoms with Gasteiger partial charge in [0, 0.05) is 49.9 Å². The highest BCUT2D eigenvalue weighted by Gasteiger charge is 2.56. The Hall–Kier alpha value is -4.22. The van der Waals surface area contributed by atoms with E-state index in [1.165, 1.54) is 17.2 Å². The van der Waals surface area contributed by atoms with Crippen molar-refractivity contribution in [3.63, 3.8) is 0 Å². The van der Waals surface area contributed by atoms with E-state index in [1.54, 1.807) is 60.3 Å². The van der Waals surface area contributed by atoms with Crippen molar-refractivity contribution in [1.29, 1.82) is 0 Å². The van der Waals surface area contributed by atoms with E-state index in [9.17, 15) is 39.6 Å². The van der Waals surface area contributed by atoms with E-state index in [0.29, 0.717) is 0 Å². The lowest BCUT2D eigenvalue weighted by molar-refractivity contribution is -0.199. The van der Waals surface area contributed by atoms with Gasteiger partial charge < -0.3 is 62.3 Å². The molecule has 0 saturated carbocycles. The van der Waals surface area contributed by atoms with Crippen LogP contribution in [0, 0.1) is 11.8 Å². The molecular weight excluding hydrogens is 861 g/mol. The molecule has 0 spiro atoms. The van der Waals surface area contributed by atoms with Crippen LogP contribution in [0.5, 0.6) is 0 Å². The Morgan fingerprint density at radius 2 is 1.20 bits per heavy atom. The number of nitrogens with one attached hydrogen (secondary N) is 4. The Balaban J connectivity index is 0.000000363. The maximum absolute atomic E-state index is 12.4. The molecule has 7 radical (unpaired) electrons. The highest BCUT2D eigenvalue weighted by Crippen LogP contribution is 2.43. The number of hydrogen-bond donors (Lipinski definition) is 8. The molecule has 7 rings (SSSR count). The Morgan fingerprint density at radius 1 is 0.797 bits per heavy atom. The Bertz CT molecular complexity index is 2270. The molecule has 8 atom stereocenters. The first-order valence-corrected chi connectivity index (χ1v) is 19.4. The van der Waals surface area contributed by atoms with E-state index in [4.69, 9.17) is 28.4 Å². The summed E-state index contributed by atoms with van der Waals surface area (Å²) >= 11 is 0. The molecule has 2 amide bonds. The summed E-state index contributed by atoms with van der Waals surface area (Å²) in [5, 5.41) is 43.9. The predicted octanol–water partition coefficient (Wildman–Crippen LogP) is -1.95. The summed E-state index contributed by atoms with van der Waals surface area (Å²) in [6, 6.07) is 0. The summed E-state index contributed by atoms with van der Waals surface area (Å²) in [4.78, 5) is 69.7. The van der Waals surface area contributed by atoms with Crippen molar-refractivity contribution < 1.29 is 58.4 Å². The molecule has 24 nitrogen and oxygen atoms in total. The van der Waals surface area contributed by atoms with E-state index < -0.39 is 78.4 Å². The largest absolute Gasteiger partial charge is 0.813 e. The lowest BCUT2D eigenvalue weighted by Gasteiger charge is -2.24. The maximum Gasteiger partial charge on any atom is 0.280 e. The Kier molecular flexibility index (Phi) is 20.4. The first-order valence-electron chi connectivity index (χ1n) is 19.4. The van der Waals surface area contributed by atoms with Gasteiger partial charge in [-0.1, -0.05) is 27.7 Å². The lowest BCUT2D eigenvalue weighted by Crippen LogP contribution is -2.33. The number of thiol groups is 1. The number of fused-ring (bicyclic) bond motifs is 3. The number of aliphatic hydroxyl groups is 4. The molecule has 349 valence electrons. The van der Waals surface area contributed by atoms with Crippen LogP contribution in [0.4, 0.5) is 11.9 Å². The SMILES string of the molecule is CC(C)C(=O)Nc1nc2c(ncn2[C@@H]2O[C@H](CO)C(O)[C@@H]2O)c(=O)[nH]1.CC(C)C(=O)Nc1nc2c(ncn2[C@@H]2O[C@H](CO)C3OC(C)(C)O[C@@H]32)c(=O)[nH]1.COC(C)(C)OC.[B].[B][B].[SH-]. The number of aromatic nitrogens is 8. The van der Waals surface area contributed by atoms with Gasteiger partial charge in [0.05, 0.1) is 25.9 Å². The number of anilines is 2. The Morgan fingerprint density at radius 3 is 1.58 bits per heavy atom. The molecular formula is C36H55B3N10O14S-. The lowest BCUT2D eigenvalue weighted by atomic mass is 9.81. The standard InChI is InChI=1S/C17H23N5O6.C14H19N5O6.C5H12O2.B2.B.H2S/c1-7(2)13(24)20-16-19-12-9(14(25)21-16)18-6-22(12)15-11-10(8(5-23)26-15)27-17(3,4)28-11;1-5(2)11(23)17-14-16-10-7(12(24)18-14)15-4-19(10)13-9(22)8(21)6(3-20)25-13;1-5(2,6-3)7-4;1-2;;/h6-8,10-11,15,23H,5H2,1-4H3,(H2,19,20,21,24,25);4-6,8-9,13,20-22H,3H2,1-2H3,(H2,16,17,18,23,24);1-4H3;;;1H2/p-1/t8-,10?,11+,15-;6-,8?,9+,13-;;;;/m11..../s1. The highest BCUT2D eigenvalue weighted by molar-refractivity contribution is 7.37. The number of carbonyl (C=O) groups is 2. The summed E-state index contributed by atoms with van der Waals surface area (Å²) in [5.41, 5.74) is -0.667. The minimum absolute atomic E-state index is 0. The number of aliphatic hydroxyl groups excluding tert-OH is 4. The molecule has 0 aromatic carbocycles. The van der Waals surface area contributed by atoms with Gasteiger partial charge in [-0.15, -0.1) is 0 Å². The van der Waals surface area contributed by atoms with E-state index >= 15 is 0 Å². The second kappa shape index (κ2) is 23.3. The molecule has 4 aromatic rings. The molecule has 4 aromatic heterocycles. The number of aromatic amines is 2. The van der Waals surface area contributed by atoms with Gasteiger partial charge in [0.25, 0.3) is 11.1 Å². The van der Waals surface area contributed by atoms with E-state index in [0.717, 1.165) is 0 Å². The number of nitrogens with zero attached hydrogens (tertiary/aromatic N) is 6. The maximum atomic E-state index is 12.4. The number of imidazole rings is 2. The van der Waals surface area contributed by atoms with Gasteiger partial charge in [0.1, 0.15) is 36.6 Å². The van der Waals surface area contributed by atoms with Gasteiger partial charge in [0.2, 0.25) is 23.7 Å². The molecule has 7 heterocycles. The summed E-state index contributed by atoms with van der Waals surface area (Å²) in [7, 11) is 11.2. The second-order valence-corrected chi connectivity index (χ2v) is 15.6. The minimum Gasteiger partial charge on any atom is -0.813 e. The van der Waals surface area contributed by atoms with Crippen LogP contribution in [-0.2, 0) is 51.5 Å². The van der Waals surface area contributed by atoms with E-state index in [2.05, 4.69) is 56.0 Å². The third-order valence-corrected chi connectivity index (χ3v) is 9.75. The highest BCUT2D eigenvalue weighted by atomic mass is 32.1. The molecule has 28 heteroatoms. The van der Waals surface area contributed by atoms with Crippen LogP contribution in [0.15, 0.2) is 22.2 Å². The van der Waals surface area contributed by atoms with Crippen LogP contribution in [0.2, 0.25) is 0 Å². The van der Waals surface area contributed by atoms with Crippen LogP contribution < -0.4 is 21.8 Å². The number of carbonyl (C=O) groups excluding carboxylic acids is 2. The molecule has 3 fully saturated rings. The number of amides is 2. The summed E-state index contributed by atoms with van der Waals surface area (Å²) < 4.78 is 35.7. The summed E-state index contributed by atoms with van der Waals surface area (Å²) in [5.74, 6) is -2.49. The molecule has 64 heavy (non-hydrogen) atoms. The smallest absolute Gasteiger partial charge is 0.280 e. The van der Waals surface area contributed by atoms with Crippen molar-refractivity contribution in [3.8, 4) is 0 Å². The molecule has 3 saturated heterocycles. The normalized spacial score (nSPS) is 24.3. The van der Waals surface area contributed by atoms with Crippen molar-refractivity contribution >= 4 is 83.4 Å². The third kappa shape index (κ3) is 12.6. The van der Waals surface area contributed by atoms with Crippen molar-refractivity contribution in [1.82, 2.24) is 39.0 Å². The number of rotatable bonds is 10. The van der Waals surface area contributed by atoms with Crippen LogP contribution >= 0.6 is 0 Å². The molecule has 2 unspecified atom stereocenters. The topological polar surface area (TPSA) is 322 Å². The van der Waals surface area contributed by atoms with Crippen LogP contribution in [0.3, 0.4) is 0 Å². The zero-order chi connectivity index (χ0) is 46.4. The predicted molar refractivity (Wildman–Crippen MR) is 235 cm³/mol. The van der Waals surface area contributed by atoms with Crippen molar-refractivity contribution in [2.24, 2.45) is 11.8 Å². The monoisotopic (exact) mass is 916 g/mol. The molecule has 3 aliphatic rings. The third-order valence-electron chi connectivity index (χ3n) is 9.75. The summed E-state index contributed by atoms with van der Waals surface area (Å²) in [6.07, 6.45) is -4.30. The second-order valence-electron chi connectivity index (χ2n) is 15.6. The fraction of sp³-hybridized carbons (Fsp3) is 0.667. The van der Waals surface area contributed by atoms with Gasteiger partial charge in [-0.3, -0.25) is 48.9 Å². The zero-order valence-electron chi connectivity index (χ0n) is 37.1. The number of hydrogen-bond acceptors (Lipinski definition) is 19. The Labute approximate surface area is 379 Å².